The molecule has 1 aliphatic rings. The topological polar surface area (TPSA) is 36.4 Å². The van der Waals surface area contributed by atoms with E-state index >= 15 is 0 Å². The molecule has 2 unspecified atom stereocenters. The molecule has 0 spiro atoms. The van der Waals surface area contributed by atoms with Crippen LogP contribution in [0.4, 0.5) is 5.82 Å². The number of hydrogen-bond donors (Lipinski definition) is 1. The molecule has 2 aromatic rings. The molecule has 0 saturated carbocycles. The standard InChI is InChI=1S/C18H21BrN2O/c1-13-10-18(20-12-16(13)19)21-9-5-8-15(21)11-17(22)14-6-3-2-4-7-14/h2-4,6-7,10,12,15,17,22H,5,8-9,11H2,1H3. The summed E-state index contributed by atoms with van der Waals surface area (Å²) in [6.45, 7) is 3.10. The number of aliphatic hydroxyl groups excluding tert-OH is 1. The Bertz CT molecular complexity index is 632. The summed E-state index contributed by atoms with van der Waals surface area (Å²) in [7, 11) is 0. The van der Waals surface area contributed by atoms with Crippen LogP contribution in [-0.2, 0) is 0 Å². The van der Waals surface area contributed by atoms with Crippen LogP contribution < -0.4 is 4.90 Å². The maximum absolute atomic E-state index is 10.5. The van der Waals surface area contributed by atoms with Crippen LogP contribution in [0.2, 0.25) is 0 Å². The third-order valence-corrected chi connectivity index (χ3v) is 5.21. The zero-order valence-electron chi connectivity index (χ0n) is 12.7. The summed E-state index contributed by atoms with van der Waals surface area (Å²) >= 11 is 3.50. The molecule has 1 aliphatic heterocycles. The van der Waals surface area contributed by atoms with Crippen LogP contribution in [0.25, 0.3) is 0 Å². The Morgan fingerprint density at radius 3 is 2.86 bits per heavy atom. The molecular formula is C18H21BrN2O. The first-order valence-corrected chi connectivity index (χ1v) is 8.56. The number of aromatic nitrogens is 1. The second-order valence-corrected chi connectivity index (χ2v) is 6.80. The van der Waals surface area contributed by atoms with Crippen molar-refractivity contribution in [3.63, 3.8) is 0 Å². The summed E-state index contributed by atoms with van der Waals surface area (Å²) in [5.41, 5.74) is 2.19. The summed E-state index contributed by atoms with van der Waals surface area (Å²) < 4.78 is 1.04. The predicted molar refractivity (Wildman–Crippen MR) is 93.1 cm³/mol. The van der Waals surface area contributed by atoms with Gasteiger partial charge in [-0.15, -0.1) is 0 Å². The molecule has 1 aromatic heterocycles. The van der Waals surface area contributed by atoms with Gasteiger partial charge < -0.3 is 10.0 Å². The first-order valence-electron chi connectivity index (χ1n) is 7.77. The van der Waals surface area contributed by atoms with Gasteiger partial charge in [0, 0.05) is 23.3 Å². The van der Waals surface area contributed by atoms with Gasteiger partial charge in [0.25, 0.3) is 0 Å². The summed E-state index contributed by atoms with van der Waals surface area (Å²) in [5, 5.41) is 10.5. The Morgan fingerprint density at radius 2 is 2.14 bits per heavy atom. The van der Waals surface area contributed by atoms with E-state index in [1.165, 1.54) is 5.56 Å². The SMILES string of the molecule is Cc1cc(N2CCCC2CC(O)c2ccccc2)ncc1Br. The minimum atomic E-state index is -0.414. The molecule has 1 N–H and O–H groups in total. The van der Waals surface area contributed by atoms with Crippen molar-refractivity contribution in [1.82, 2.24) is 4.98 Å². The van der Waals surface area contributed by atoms with E-state index in [2.05, 4.69) is 38.8 Å². The fourth-order valence-electron chi connectivity index (χ4n) is 3.13. The van der Waals surface area contributed by atoms with Crippen molar-refractivity contribution in [2.24, 2.45) is 0 Å². The molecule has 0 radical (unpaired) electrons. The lowest BCUT2D eigenvalue weighted by atomic mass is 10.0. The Morgan fingerprint density at radius 1 is 1.36 bits per heavy atom. The average molecular weight is 361 g/mol. The normalized spacial score (nSPS) is 19.4. The fraction of sp³-hybridized carbons (Fsp3) is 0.389. The van der Waals surface area contributed by atoms with Gasteiger partial charge >= 0.3 is 0 Å². The van der Waals surface area contributed by atoms with Gasteiger partial charge in [-0.05, 0) is 59.3 Å². The highest BCUT2D eigenvalue weighted by atomic mass is 79.9. The first-order chi connectivity index (χ1) is 10.6. The fourth-order valence-corrected chi connectivity index (χ4v) is 3.35. The minimum Gasteiger partial charge on any atom is -0.388 e. The summed E-state index contributed by atoms with van der Waals surface area (Å²) in [5.74, 6) is 1.02. The van der Waals surface area contributed by atoms with Crippen LogP contribution in [-0.4, -0.2) is 22.7 Å². The molecular weight excluding hydrogens is 340 g/mol. The largest absolute Gasteiger partial charge is 0.388 e. The monoisotopic (exact) mass is 360 g/mol. The Labute approximate surface area is 140 Å². The first kappa shape index (κ1) is 15.5. The van der Waals surface area contributed by atoms with E-state index in [-0.39, 0.29) is 0 Å². The number of benzene rings is 1. The molecule has 3 nitrogen and oxygen atoms in total. The smallest absolute Gasteiger partial charge is 0.129 e. The highest BCUT2D eigenvalue weighted by molar-refractivity contribution is 9.10. The molecule has 2 atom stereocenters. The van der Waals surface area contributed by atoms with Crippen LogP contribution in [0.3, 0.4) is 0 Å². The van der Waals surface area contributed by atoms with Gasteiger partial charge in [-0.2, -0.15) is 0 Å². The summed E-state index contributed by atoms with van der Waals surface area (Å²) in [6, 6.07) is 12.4. The molecule has 0 aliphatic carbocycles. The van der Waals surface area contributed by atoms with E-state index in [1.807, 2.05) is 36.5 Å². The van der Waals surface area contributed by atoms with Gasteiger partial charge in [0.1, 0.15) is 5.82 Å². The lowest BCUT2D eigenvalue weighted by molar-refractivity contribution is 0.158. The Kier molecular flexibility index (Phi) is 4.79. The summed E-state index contributed by atoms with van der Waals surface area (Å²) in [6.07, 6.45) is 4.47. The number of hydrogen-bond acceptors (Lipinski definition) is 3. The van der Waals surface area contributed by atoms with E-state index in [1.54, 1.807) is 0 Å². The van der Waals surface area contributed by atoms with Gasteiger partial charge in [-0.3, -0.25) is 0 Å². The van der Waals surface area contributed by atoms with Crippen molar-refractivity contribution in [1.29, 1.82) is 0 Å². The number of aryl methyl sites for hydroxylation is 1. The van der Waals surface area contributed by atoms with E-state index in [0.29, 0.717) is 6.04 Å². The third-order valence-electron chi connectivity index (χ3n) is 4.38. The third kappa shape index (κ3) is 3.33. The molecule has 0 bridgehead atoms. The summed E-state index contributed by atoms with van der Waals surface area (Å²) in [4.78, 5) is 6.89. The number of halogens is 1. The van der Waals surface area contributed by atoms with Gasteiger partial charge in [0.05, 0.1) is 6.10 Å². The molecule has 116 valence electrons. The molecule has 1 saturated heterocycles. The molecule has 2 heterocycles. The number of nitrogens with zero attached hydrogens (tertiary/aromatic N) is 2. The van der Waals surface area contributed by atoms with E-state index in [0.717, 1.165) is 41.7 Å². The molecule has 1 aromatic carbocycles. The minimum absolute atomic E-state index is 0.350. The highest BCUT2D eigenvalue weighted by Gasteiger charge is 2.28. The van der Waals surface area contributed by atoms with Crippen molar-refractivity contribution in [3.05, 3.63) is 58.2 Å². The zero-order chi connectivity index (χ0) is 15.5. The van der Waals surface area contributed by atoms with Gasteiger partial charge in [-0.25, -0.2) is 4.98 Å². The maximum atomic E-state index is 10.5. The van der Waals surface area contributed by atoms with Crippen molar-refractivity contribution in [3.8, 4) is 0 Å². The number of rotatable bonds is 4. The van der Waals surface area contributed by atoms with Gasteiger partial charge in [0.2, 0.25) is 0 Å². The number of pyridine rings is 1. The number of aliphatic hydroxyl groups is 1. The van der Waals surface area contributed by atoms with Crippen LogP contribution in [0, 0.1) is 6.92 Å². The lowest BCUT2D eigenvalue weighted by Gasteiger charge is -2.28. The maximum Gasteiger partial charge on any atom is 0.129 e. The second-order valence-electron chi connectivity index (χ2n) is 5.94. The van der Waals surface area contributed by atoms with Gasteiger partial charge in [0.15, 0.2) is 0 Å². The van der Waals surface area contributed by atoms with E-state index in [9.17, 15) is 5.11 Å². The van der Waals surface area contributed by atoms with Gasteiger partial charge in [-0.1, -0.05) is 30.3 Å². The Balaban J connectivity index is 1.74. The van der Waals surface area contributed by atoms with Crippen LogP contribution in [0.15, 0.2) is 47.1 Å². The molecule has 1 fully saturated rings. The van der Waals surface area contributed by atoms with Crippen molar-refractivity contribution < 1.29 is 5.11 Å². The average Bonchev–Trinajstić information content (AvgIpc) is 2.99. The molecule has 4 heteroatoms. The lowest BCUT2D eigenvalue weighted by Crippen LogP contribution is -2.31. The molecule has 3 rings (SSSR count). The predicted octanol–water partition coefficient (Wildman–Crippen LogP) is 4.25. The molecule has 22 heavy (non-hydrogen) atoms. The van der Waals surface area contributed by atoms with Crippen LogP contribution in [0.1, 0.15) is 36.5 Å². The quantitative estimate of drug-likeness (QED) is 0.885. The highest BCUT2D eigenvalue weighted by Crippen LogP contribution is 2.31. The van der Waals surface area contributed by atoms with Crippen LogP contribution in [0.5, 0.6) is 0 Å². The van der Waals surface area contributed by atoms with Crippen molar-refractivity contribution in [2.45, 2.75) is 38.3 Å². The van der Waals surface area contributed by atoms with E-state index < -0.39 is 6.10 Å². The van der Waals surface area contributed by atoms with Crippen LogP contribution >= 0.6 is 15.9 Å². The zero-order valence-corrected chi connectivity index (χ0v) is 14.3. The molecule has 0 amide bonds. The van der Waals surface area contributed by atoms with Crippen molar-refractivity contribution >= 4 is 21.7 Å². The number of anilines is 1. The van der Waals surface area contributed by atoms with Crippen molar-refractivity contribution in [2.75, 3.05) is 11.4 Å². The Hall–Kier alpha value is -1.39. The second kappa shape index (κ2) is 6.80. The van der Waals surface area contributed by atoms with E-state index in [4.69, 9.17) is 0 Å².